The Bertz CT molecular complexity index is 430. The lowest BCUT2D eigenvalue weighted by atomic mass is 10.2. The summed E-state index contributed by atoms with van der Waals surface area (Å²) in [6, 6.07) is 1.73. The molecule has 1 fully saturated rings. The Morgan fingerprint density at radius 3 is 2.69 bits per heavy atom. The standard InChI is InChI=1S/C10H12ClN3O2/c1-7-6-8(13-4-2-3-5-13)9(14(15)16)10(11)12-7/h6H,2-5H2,1H3. The van der Waals surface area contributed by atoms with E-state index in [2.05, 4.69) is 4.98 Å². The fraction of sp³-hybridized carbons (Fsp3) is 0.500. The van der Waals surface area contributed by atoms with Gasteiger partial charge in [-0.05, 0) is 25.8 Å². The number of rotatable bonds is 2. The highest BCUT2D eigenvalue weighted by molar-refractivity contribution is 6.32. The van der Waals surface area contributed by atoms with Gasteiger partial charge in [-0.3, -0.25) is 10.1 Å². The monoisotopic (exact) mass is 241 g/mol. The minimum absolute atomic E-state index is 0.0214. The van der Waals surface area contributed by atoms with Crippen LogP contribution in [0, 0.1) is 17.0 Å². The van der Waals surface area contributed by atoms with Gasteiger partial charge in [0.1, 0.15) is 5.69 Å². The van der Waals surface area contributed by atoms with E-state index in [1.54, 1.807) is 13.0 Å². The van der Waals surface area contributed by atoms with Crippen LogP contribution in [0.5, 0.6) is 0 Å². The first-order chi connectivity index (χ1) is 7.59. The zero-order valence-corrected chi connectivity index (χ0v) is 9.70. The van der Waals surface area contributed by atoms with Gasteiger partial charge in [-0.2, -0.15) is 0 Å². The van der Waals surface area contributed by atoms with Gasteiger partial charge in [-0.1, -0.05) is 11.6 Å². The highest BCUT2D eigenvalue weighted by atomic mass is 35.5. The van der Waals surface area contributed by atoms with Gasteiger partial charge in [0.05, 0.1) is 4.92 Å². The Morgan fingerprint density at radius 1 is 1.50 bits per heavy atom. The van der Waals surface area contributed by atoms with Crippen molar-refractivity contribution >= 4 is 23.0 Å². The van der Waals surface area contributed by atoms with Gasteiger partial charge in [0.2, 0.25) is 5.15 Å². The normalized spacial score (nSPS) is 15.5. The van der Waals surface area contributed by atoms with E-state index in [-0.39, 0.29) is 10.8 Å². The van der Waals surface area contributed by atoms with Gasteiger partial charge in [-0.15, -0.1) is 0 Å². The molecule has 0 bridgehead atoms. The van der Waals surface area contributed by atoms with Gasteiger partial charge in [-0.25, -0.2) is 4.98 Å². The van der Waals surface area contributed by atoms with Crippen molar-refractivity contribution in [1.82, 2.24) is 4.98 Å². The van der Waals surface area contributed by atoms with Crippen molar-refractivity contribution in [3.05, 3.63) is 27.0 Å². The third-order valence-corrected chi connectivity index (χ3v) is 2.95. The van der Waals surface area contributed by atoms with Crippen molar-refractivity contribution in [3.8, 4) is 0 Å². The lowest BCUT2D eigenvalue weighted by Crippen LogP contribution is -2.19. The summed E-state index contributed by atoms with van der Waals surface area (Å²) in [6.45, 7) is 3.48. The third kappa shape index (κ3) is 1.95. The molecule has 0 saturated carbocycles. The number of aryl methyl sites for hydroxylation is 1. The van der Waals surface area contributed by atoms with Crippen LogP contribution in [0.25, 0.3) is 0 Å². The summed E-state index contributed by atoms with van der Waals surface area (Å²) in [5.41, 5.74) is 1.23. The van der Waals surface area contributed by atoms with Crippen LogP contribution in [-0.4, -0.2) is 23.0 Å². The van der Waals surface area contributed by atoms with Crippen LogP contribution in [0.2, 0.25) is 5.15 Å². The van der Waals surface area contributed by atoms with E-state index in [0.29, 0.717) is 11.4 Å². The summed E-state index contributed by atoms with van der Waals surface area (Å²) < 4.78 is 0. The quantitative estimate of drug-likeness (QED) is 0.454. The molecule has 0 aromatic carbocycles. The van der Waals surface area contributed by atoms with E-state index in [0.717, 1.165) is 25.9 Å². The zero-order valence-electron chi connectivity index (χ0n) is 8.94. The molecule has 0 unspecified atom stereocenters. The predicted molar refractivity (Wildman–Crippen MR) is 62.1 cm³/mol. The first-order valence-electron chi connectivity index (χ1n) is 5.16. The van der Waals surface area contributed by atoms with Crippen LogP contribution in [0.3, 0.4) is 0 Å². The van der Waals surface area contributed by atoms with Crippen molar-refractivity contribution in [2.24, 2.45) is 0 Å². The van der Waals surface area contributed by atoms with Gasteiger partial charge in [0.25, 0.3) is 0 Å². The van der Waals surface area contributed by atoms with Crippen LogP contribution < -0.4 is 4.90 Å². The van der Waals surface area contributed by atoms with E-state index in [9.17, 15) is 10.1 Å². The van der Waals surface area contributed by atoms with Gasteiger partial charge in [0, 0.05) is 18.8 Å². The fourth-order valence-corrected chi connectivity index (χ4v) is 2.28. The second kappa shape index (κ2) is 4.25. The molecule has 0 aliphatic carbocycles. The van der Waals surface area contributed by atoms with Gasteiger partial charge in [0.15, 0.2) is 0 Å². The largest absolute Gasteiger partial charge is 0.366 e. The Morgan fingerprint density at radius 2 is 2.12 bits per heavy atom. The van der Waals surface area contributed by atoms with Crippen molar-refractivity contribution in [2.75, 3.05) is 18.0 Å². The summed E-state index contributed by atoms with van der Waals surface area (Å²) in [4.78, 5) is 16.4. The predicted octanol–water partition coefficient (Wildman–Crippen LogP) is 2.55. The number of nitrogens with zero attached hydrogens (tertiary/aromatic N) is 3. The molecular formula is C10H12ClN3O2. The first-order valence-corrected chi connectivity index (χ1v) is 5.54. The smallest absolute Gasteiger partial charge is 0.329 e. The SMILES string of the molecule is Cc1cc(N2CCCC2)c([N+](=O)[O-])c(Cl)n1. The highest BCUT2D eigenvalue weighted by Gasteiger charge is 2.26. The van der Waals surface area contributed by atoms with Crippen LogP contribution in [0.15, 0.2) is 6.07 Å². The van der Waals surface area contributed by atoms with Crippen LogP contribution >= 0.6 is 11.6 Å². The molecular weight excluding hydrogens is 230 g/mol. The fourth-order valence-electron chi connectivity index (χ4n) is 1.98. The minimum atomic E-state index is -0.456. The maximum atomic E-state index is 11.0. The number of nitro groups is 1. The molecule has 1 aromatic heterocycles. The third-order valence-electron chi connectivity index (χ3n) is 2.69. The zero-order chi connectivity index (χ0) is 11.7. The maximum absolute atomic E-state index is 11.0. The maximum Gasteiger partial charge on any atom is 0.329 e. The van der Waals surface area contributed by atoms with E-state index < -0.39 is 4.92 Å². The molecule has 2 rings (SSSR count). The number of aromatic nitrogens is 1. The van der Waals surface area contributed by atoms with E-state index in [1.165, 1.54) is 0 Å². The molecule has 86 valence electrons. The van der Waals surface area contributed by atoms with Crippen LogP contribution in [0.4, 0.5) is 11.4 Å². The molecule has 1 aromatic rings. The molecule has 0 spiro atoms. The topological polar surface area (TPSA) is 59.3 Å². The average Bonchev–Trinajstić information content (AvgIpc) is 2.67. The van der Waals surface area contributed by atoms with Crippen molar-refractivity contribution < 1.29 is 4.92 Å². The van der Waals surface area contributed by atoms with Crippen molar-refractivity contribution in [2.45, 2.75) is 19.8 Å². The van der Waals surface area contributed by atoms with Crippen molar-refractivity contribution in [1.29, 1.82) is 0 Å². The van der Waals surface area contributed by atoms with Crippen LogP contribution in [-0.2, 0) is 0 Å². The summed E-state index contributed by atoms with van der Waals surface area (Å²) in [5.74, 6) is 0. The minimum Gasteiger partial charge on any atom is -0.366 e. The lowest BCUT2D eigenvalue weighted by Gasteiger charge is -2.18. The highest BCUT2D eigenvalue weighted by Crippen LogP contribution is 2.35. The summed E-state index contributed by atoms with van der Waals surface area (Å²) in [7, 11) is 0. The number of halogens is 1. The number of hydrogen-bond acceptors (Lipinski definition) is 4. The summed E-state index contributed by atoms with van der Waals surface area (Å²) >= 11 is 5.83. The summed E-state index contributed by atoms with van der Waals surface area (Å²) in [5, 5.41) is 10.9. The Labute approximate surface area is 98.2 Å². The molecule has 0 N–H and O–H groups in total. The summed E-state index contributed by atoms with van der Waals surface area (Å²) in [6.07, 6.45) is 2.13. The Balaban J connectivity index is 2.52. The molecule has 1 aliphatic heterocycles. The Hall–Kier alpha value is -1.36. The second-order valence-electron chi connectivity index (χ2n) is 3.87. The van der Waals surface area contributed by atoms with Gasteiger partial charge >= 0.3 is 5.69 Å². The molecule has 5 nitrogen and oxygen atoms in total. The molecule has 2 heterocycles. The number of hydrogen-bond donors (Lipinski definition) is 0. The van der Waals surface area contributed by atoms with E-state index in [1.807, 2.05) is 4.90 Å². The van der Waals surface area contributed by atoms with Crippen molar-refractivity contribution in [3.63, 3.8) is 0 Å². The first kappa shape index (κ1) is 11.1. The number of anilines is 1. The van der Waals surface area contributed by atoms with E-state index in [4.69, 9.17) is 11.6 Å². The molecule has 0 atom stereocenters. The molecule has 0 amide bonds. The van der Waals surface area contributed by atoms with E-state index >= 15 is 0 Å². The van der Waals surface area contributed by atoms with Crippen LogP contribution in [0.1, 0.15) is 18.5 Å². The molecule has 16 heavy (non-hydrogen) atoms. The average molecular weight is 242 g/mol. The molecule has 0 radical (unpaired) electrons. The molecule has 1 saturated heterocycles. The van der Waals surface area contributed by atoms with Gasteiger partial charge < -0.3 is 4.90 Å². The second-order valence-corrected chi connectivity index (χ2v) is 4.23. The Kier molecular flexibility index (Phi) is 2.96. The lowest BCUT2D eigenvalue weighted by molar-refractivity contribution is -0.384. The number of pyridine rings is 1. The molecule has 1 aliphatic rings. The molecule has 6 heteroatoms.